The van der Waals surface area contributed by atoms with Gasteiger partial charge in [-0.15, -0.1) is 0 Å². The van der Waals surface area contributed by atoms with Gasteiger partial charge >= 0.3 is 6.18 Å². The van der Waals surface area contributed by atoms with Crippen molar-refractivity contribution in [1.29, 1.82) is 0 Å². The number of rotatable bonds is 7. The Morgan fingerprint density at radius 2 is 1.75 bits per heavy atom. The summed E-state index contributed by atoms with van der Waals surface area (Å²) in [5, 5.41) is 2.49. The van der Waals surface area contributed by atoms with E-state index in [1.54, 1.807) is 0 Å². The quantitative estimate of drug-likeness (QED) is 0.703. The lowest BCUT2D eigenvalue weighted by atomic mass is 10.2. The SMILES string of the molecule is CCN(CC(=O)NCc1ccc(F)cc1)S(=O)(=O)c1cccc(C(F)(F)F)c1. The van der Waals surface area contributed by atoms with Crippen molar-refractivity contribution in [2.75, 3.05) is 13.1 Å². The first-order valence-electron chi connectivity index (χ1n) is 8.22. The van der Waals surface area contributed by atoms with Gasteiger partial charge in [-0.05, 0) is 35.9 Å². The van der Waals surface area contributed by atoms with Crippen LogP contribution in [0.1, 0.15) is 18.1 Å². The smallest absolute Gasteiger partial charge is 0.351 e. The third kappa shape index (κ3) is 5.52. The standard InChI is InChI=1S/C18H18F4N2O3S/c1-2-24(12-17(25)23-11-13-6-8-15(19)9-7-13)28(26,27)16-5-3-4-14(10-16)18(20,21)22/h3-10H,2,11-12H2,1H3,(H,23,25). The van der Waals surface area contributed by atoms with Crippen molar-refractivity contribution < 1.29 is 30.8 Å². The lowest BCUT2D eigenvalue weighted by Gasteiger charge is -2.20. The van der Waals surface area contributed by atoms with Gasteiger partial charge in [-0.1, -0.05) is 25.1 Å². The molecule has 0 bridgehead atoms. The van der Waals surface area contributed by atoms with Crippen molar-refractivity contribution in [3.8, 4) is 0 Å². The minimum atomic E-state index is -4.69. The van der Waals surface area contributed by atoms with Gasteiger partial charge in [0.2, 0.25) is 15.9 Å². The molecule has 2 aromatic carbocycles. The number of hydrogen-bond donors (Lipinski definition) is 1. The number of nitrogens with zero attached hydrogens (tertiary/aromatic N) is 1. The van der Waals surface area contributed by atoms with Crippen LogP contribution in [0.4, 0.5) is 17.6 Å². The fraction of sp³-hybridized carbons (Fsp3) is 0.278. The molecule has 5 nitrogen and oxygen atoms in total. The molecule has 0 radical (unpaired) electrons. The number of carbonyl (C=O) groups excluding carboxylic acids is 1. The van der Waals surface area contributed by atoms with Crippen LogP contribution in [0.3, 0.4) is 0 Å². The highest BCUT2D eigenvalue weighted by Crippen LogP contribution is 2.31. The molecule has 0 spiro atoms. The molecule has 2 rings (SSSR count). The number of carbonyl (C=O) groups is 1. The van der Waals surface area contributed by atoms with Crippen molar-refractivity contribution in [2.45, 2.75) is 24.5 Å². The summed E-state index contributed by atoms with van der Waals surface area (Å²) in [6, 6.07) is 8.72. The maximum atomic E-state index is 12.9. The van der Waals surface area contributed by atoms with Crippen molar-refractivity contribution in [2.24, 2.45) is 0 Å². The zero-order valence-electron chi connectivity index (χ0n) is 14.8. The Balaban J connectivity index is 2.10. The lowest BCUT2D eigenvalue weighted by Crippen LogP contribution is -2.40. The van der Waals surface area contributed by atoms with Gasteiger partial charge < -0.3 is 5.32 Å². The molecular formula is C18H18F4N2O3S. The first-order chi connectivity index (χ1) is 13.0. The highest BCUT2D eigenvalue weighted by atomic mass is 32.2. The van der Waals surface area contributed by atoms with E-state index in [4.69, 9.17) is 0 Å². The van der Waals surface area contributed by atoms with E-state index in [9.17, 15) is 30.8 Å². The molecule has 0 aliphatic rings. The number of nitrogens with one attached hydrogen (secondary N) is 1. The Bertz CT molecular complexity index is 929. The predicted octanol–water partition coefficient (Wildman–Crippen LogP) is 3.17. The summed E-state index contributed by atoms with van der Waals surface area (Å²) in [5.74, 6) is -1.07. The van der Waals surface area contributed by atoms with Crippen LogP contribution in [-0.4, -0.2) is 31.7 Å². The number of benzene rings is 2. The number of alkyl halides is 3. The summed E-state index contributed by atoms with van der Waals surface area (Å²) in [5.41, 5.74) is -0.482. The summed E-state index contributed by atoms with van der Waals surface area (Å²) >= 11 is 0. The van der Waals surface area contributed by atoms with Crippen LogP contribution in [0, 0.1) is 5.82 Å². The van der Waals surface area contributed by atoms with Gasteiger partial charge in [0.1, 0.15) is 5.82 Å². The van der Waals surface area contributed by atoms with Crippen molar-refractivity contribution in [3.05, 3.63) is 65.5 Å². The first kappa shape index (κ1) is 21.8. The maximum absolute atomic E-state index is 12.9. The molecule has 10 heteroatoms. The fourth-order valence-electron chi connectivity index (χ4n) is 2.37. The number of likely N-dealkylation sites (N-methyl/N-ethyl adjacent to an activating group) is 1. The number of sulfonamides is 1. The van der Waals surface area contributed by atoms with Gasteiger partial charge in [0.25, 0.3) is 0 Å². The van der Waals surface area contributed by atoms with E-state index in [1.807, 2.05) is 0 Å². The molecule has 2 aromatic rings. The predicted molar refractivity (Wildman–Crippen MR) is 94.1 cm³/mol. The molecule has 0 saturated carbocycles. The molecule has 1 amide bonds. The van der Waals surface area contributed by atoms with Crippen LogP contribution >= 0.6 is 0 Å². The minimum Gasteiger partial charge on any atom is -0.351 e. The van der Waals surface area contributed by atoms with Gasteiger partial charge in [-0.3, -0.25) is 4.79 Å². The first-order valence-corrected chi connectivity index (χ1v) is 9.66. The van der Waals surface area contributed by atoms with Crippen LogP contribution in [-0.2, 0) is 27.5 Å². The van der Waals surface area contributed by atoms with Crippen molar-refractivity contribution in [3.63, 3.8) is 0 Å². The zero-order chi connectivity index (χ0) is 20.9. The van der Waals surface area contributed by atoms with Crippen LogP contribution in [0.5, 0.6) is 0 Å². The Kier molecular flexibility index (Phi) is 6.78. The molecule has 0 aliphatic carbocycles. The number of halogens is 4. The minimum absolute atomic E-state index is 0.0558. The topological polar surface area (TPSA) is 66.5 Å². The monoisotopic (exact) mass is 418 g/mol. The van der Waals surface area contributed by atoms with E-state index < -0.39 is 44.9 Å². The van der Waals surface area contributed by atoms with Gasteiger partial charge in [0.15, 0.2) is 0 Å². The van der Waals surface area contributed by atoms with Gasteiger partial charge in [-0.2, -0.15) is 17.5 Å². The Morgan fingerprint density at radius 3 is 2.32 bits per heavy atom. The molecule has 0 atom stereocenters. The second-order valence-electron chi connectivity index (χ2n) is 5.86. The Hall–Kier alpha value is -2.46. The summed E-state index contributed by atoms with van der Waals surface area (Å²) in [6.45, 7) is 0.859. The van der Waals surface area contributed by atoms with E-state index >= 15 is 0 Å². The second-order valence-corrected chi connectivity index (χ2v) is 7.80. The molecule has 0 saturated heterocycles. The second kappa shape index (κ2) is 8.70. The fourth-order valence-corrected chi connectivity index (χ4v) is 3.82. The molecule has 28 heavy (non-hydrogen) atoms. The maximum Gasteiger partial charge on any atom is 0.416 e. The molecule has 0 aliphatic heterocycles. The Labute approximate surface area is 160 Å². The normalized spacial score (nSPS) is 12.2. The highest BCUT2D eigenvalue weighted by molar-refractivity contribution is 7.89. The molecule has 0 heterocycles. The summed E-state index contributed by atoms with van der Waals surface area (Å²) in [4.78, 5) is 11.5. The summed E-state index contributed by atoms with van der Waals surface area (Å²) in [7, 11) is -4.29. The van der Waals surface area contributed by atoms with Crippen LogP contribution in [0.25, 0.3) is 0 Å². The largest absolute Gasteiger partial charge is 0.416 e. The van der Waals surface area contributed by atoms with E-state index in [2.05, 4.69) is 5.32 Å². The van der Waals surface area contributed by atoms with E-state index in [-0.39, 0.29) is 13.1 Å². The van der Waals surface area contributed by atoms with Gasteiger partial charge in [0.05, 0.1) is 17.0 Å². The highest BCUT2D eigenvalue weighted by Gasteiger charge is 2.33. The lowest BCUT2D eigenvalue weighted by molar-refractivity contribution is -0.137. The zero-order valence-corrected chi connectivity index (χ0v) is 15.6. The van der Waals surface area contributed by atoms with Crippen LogP contribution in [0.15, 0.2) is 53.4 Å². The third-order valence-electron chi connectivity index (χ3n) is 3.87. The average Bonchev–Trinajstić information content (AvgIpc) is 2.65. The van der Waals surface area contributed by atoms with E-state index in [1.165, 1.54) is 31.2 Å². The average molecular weight is 418 g/mol. The molecule has 152 valence electrons. The third-order valence-corrected chi connectivity index (χ3v) is 5.79. The van der Waals surface area contributed by atoms with Gasteiger partial charge in [0, 0.05) is 13.1 Å². The molecule has 0 unspecified atom stereocenters. The van der Waals surface area contributed by atoms with Crippen molar-refractivity contribution in [1.82, 2.24) is 9.62 Å². The molecule has 1 N–H and O–H groups in total. The molecule has 0 fully saturated rings. The van der Waals surface area contributed by atoms with E-state index in [0.717, 1.165) is 22.5 Å². The summed E-state index contributed by atoms with van der Waals surface area (Å²) < 4.78 is 77.4. The van der Waals surface area contributed by atoms with Crippen molar-refractivity contribution >= 4 is 15.9 Å². The van der Waals surface area contributed by atoms with E-state index in [0.29, 0.717) is 11.6 Å². The molecular weight excluding hydrogens is 400 g/mol. The van der Waals surface area contributed by atoms with Crippen LogP contribution < -0.4 is 5.32 Å². The Morgan fingerprint density at radius 1 is 1.11 bits per heavy atom. The number of hydrogen-bond acceptors (Lipinski definition) is 3. The number of amides is 1. The molecule has 0 aromatic heterocycles. The summed E-state index contributed by atoms with van der Waals surface area (Å²) in [6.07, 6.45) is -4.69. The van der Waals surface area contributed by atoms with Crippen LogP contribution in [0.2, 0.25) is 0 Å². The van der Waals surface area contributed by atoms with Gasteiger partial charge in [-0.25, -0.2) is 12.8 Å².